The molecule has 0 bridgehead atoms. The summed E-state index contributed by atoms with van der Waals surface area (Å²) in [6, 6.07) is 7.57. The number of nitrogens with zero attached hydrogens (tertiary/aromatic N) is 3. The fourth-order valence-electron chi connectivity index (χ4n) is 2.38. The molecule has 2 rings (SSSR count). The van der Waals surface area contributed by atoms with Crippen molar-refractivity contribution < 1.29 is 9.90 Å². The van der Waals surface area contributed by atoms with Crippen LogP contribution in [0.4, 0.5) is 4.79 Å². The van der Waals surface area contributed by atoms with Gasteiger partial charge in [0.2, 0.25) is 0 Å². The standard InChI is InChI=1S/C15H16ClN3O2/c1-3-19(15(20)21)5-4-12-7-10-6-11(9-17)13(16)8-14(10)18(12)2/h6-8H,3-5H2,1-2H3,(H,20,21). The minimum absolute atomic E-state index is 0.429. The summed E-state index contributed by atoms with van der Waals surface area (Å²) in [7, 11) is 1.91. The highest BCUT2D eigenvalue weighted by Crippen LogP contribution is 2.26. The van der Waals surface area contributed by atoms with Gasteiger partial charge in [0.1, 0.15) is 6.07 Å². The first-order chi connectivity index (χ1) is 9.97. The van der Waals surface area contributed by atoms with Crippen LogP contribution < -0.4 is 0 Å². The zero-order valence-electron chi connectivity index (χ0n) is 11.9. The normalized spacial score (nSPS) is 10.6. The van der Waals surface area contributed by atoms with E-state index in [1.807, 2.05) is 24.6 Å². The average Bonchev–Trinajstić information content (AvgIpc) is 2.75. The van der Waals surface area contributed by atoms with E-state index in [1.165, 1.54) is 4.90 Å². The van der Waals surface area contributed by atoms with Gasteiger partial charge in [0.05, 0.1) is 10.6 Å². The molecule has 1 N–H and O–H groups in total. The summed E-state index contributed by atoms with van der Waals surface area (Å²) < 4.78 is 1.98. The highest BCUT2D eigenvalue weighted by Gasteiger charge is 2.13. The van der Waals surface area contributed by atoms with Crippen molar-refractivity contribution in [3.63, 3.8) is 0 Å². The first-order valence-corrected chi connectivity index (χ1v) is 7.01. The van der Waals surface area contributed by atoms with Gasteiger partial charge in [0.25, 0.3) is 0 Å². The van der Waals surface area contributed by atoms with Crippen LogP contribution in [0.2, 0.25) is 5.02 Å². The molecule has 0 aliphatic carbocycles. The van der Waals surface area contributed by atoms with Crippen LogP contribution in [0.15, 0.2) is 18.2 Å². The average molecular weight is 306 g/mol. The maximum Gasteiger partial charge on any atom is 0.407 e. The number of amides is 1. The molecular formula is C15H16ClN3O2. The molecule has 0 radical (unpaired) electrons. The minimum Gasteiger partial charge on any atom is -0.465 e. The van der Waals surface area contributed by atoms with Gasteiger partial charge < -0.3 is 14.6 Å². The SMILES string of the molecule is CCN(CCc1cc2cc(C#N)c(Cl)cc2n1C)C(=O)O. The molecule has 1 heterocycles. The van der Waals surface area contributed by atoms with Gasteiger partial charge in [-0.05, 0) is 25.1 Å². The van der Waals surface area contributed by atoms with Crippen LogP contribution in [0.1, 0.15) is 18.2 Å². The van der Waals surface area contributed by atoms with E-state index in [1.54, 1.807) is 12.1 Å². The molecule has 0 aliphatic rings. The van der Waals surface area contributed by atoms with Gasteiger partial charge in [-0.3, -0.25) is 0 Å². The molecule has 21 heavy (non-hydrogen) atoms. The van der Waals surface area contributed by atoms with E-state index in [0.29, 0.717) is 30.1 Å². The van der Waals surface area contributed by atoms with Gasteiger partial charge in [-0.15, -0.1) is 0 Å². The Morgan fingerprint density at radius 2 is 2.19 bits per heavy atom. The number of halogens is 1. The molecule has 110 valence electrons. The number of fused-ring (bicyclic) bond motifs is 1. The van der Waals surface area contributed by atoms with E-state index in [0.717, 1.165) is 16.6 Å². The van der Waals surface area contributed by atoms with Crippen molar-refractivity contribution >= 4 is 28.6 Å². The number of nitriles is 1. The third-order valence-electron chi connectivity index (χ3n) is 3.64. The zero-order valence-corrected chi connectivity index (χ0v) is 12.7. The van der Waals surface area contributed by atoms with Crippen LogP contribution >= 0.6 is 11.6 Å². The predicted molar refractivity (Wildman–Crippen MR) is 81.6 cm³/mol. The molecule has 5 nitrogen and oxygen atoms in total. The van der Waals surface area contributed by atoms with E-state index in [4.69, 9.17) is 22.0 Å². The van der Waals surface area contributed by atoms with Gasteiger partial charge in [0, 0.05) is 43.2 Å². The lowest BCUT2D eigenvalue weighted by Gasteiger charge is -2.16. The van der Waals surface area contributed by atoms with E-state index >= 15 is 0 Å². The number of benzene rings is 1. The zero-order chi connectivity index (χ0) is 15.6. The molecule has 0 fully saturated rings. The van der Waals surface area contributed by atoms with Crippen molar-refractivity contribution in [1.29, 1.82) is 5.26 Å². The summed E-state index contributed by atoms with van der Waals surface area (Å²) in [5.74, 6) is 0. The monoisotopic (exact) mass is 305 g/mol. The van der Waals surface area contributed by atoms with Crippen LogP contribution in [0.3, 0.4) is 0 Å². The second-order valence-electron chi connectivity index (χ2n) is 4.81. The molecule has 6 heteroatoms. The Labute approximate surface area is 127 Å². The topological polar surface area (TPSA) is 69.3 Å². The van der Waals surface area contributed by atoms with Crippen molar-refractivity contribution in [2.75, 3.05) is 13.1 Å². The molecule has 2 aromatic rings. The highest BCUT2D eigenvalue weighted by molar-refractivity contribution is 6.32. The first kappa shape index (κ1) is 15.2. The molecule has 0 spiro atoms. The second kappa shape index (κ2) is 6.06. The van der Waals surface area contributed by atoms with Gasteiger partial charge >= 0.3 is 6.09 Å². The van der Waals surface area contributed by atoms with Crippen molar-refractivity contribution in [3.05, 3.63) is 34.5 Å². The highest BCUT2D eigenvalue weighted by atomic mass is 35.5. The molecule has 0 unspecified atom stereocenters. The van der Waals surface area contributed by atoms with E-state index in [-0.39, 0.29) is 0 Å². The number of rotatable bonds is 4. The number of aromatic nitrogens is 1. The largest absolute Gasteiger partial charge is 0.465 e. The van der Waals surface area contributed by atoms with Crippen LogP contribution in [-0.2, 0) is 13.5 Å². The summed E-state index contributed by atoms with van der Waals surface area (Å²) in [4.78, 5) is 12.4. The molecular weight excluding hydrogens is 290 g/mol. The molecule has 0 saturated heterocycles. The van der Waals surface area contributed by atoms with Crippen molar-refractivity contribution in [3.8, 4) is 6.07 Å². The number of aryl methyl sites for hydroxylation is 1. The third kappa shape index (κ3) is 2.96. The predicted octanol–water partition coefficient (Wildman–Crippen LogP) is 3.25. The van der Waals surface area contributed by atoms with Crippen LogP contribution in [0.25, 0.3) is 10.9 Å². The summed E-state index contributed by atoms with van der Waals surface area (Å²) >= 11 is 6.05. The van der Waals surface area contributed by atoms with Gasteiger partial charge in [-0.1, -0.05) is 11.6 Å². The Balaban J connectivity index is 2.32. The molecule has 0 atom stereocenters. The van der Waals surface area contributed by atoms with E-state index < -0.39 is 6.09 Å². The number of hydrogen-bond acceptors (Lipinski definition) is 2. The van der Waals surface area contributed by atoms with Crippen molar-refractivity contribution in [1.82, 2.24) is 9.47 Å². The second-order valence-corrected chi connectivity index (χ2v) is 5.22. The Kier molecular flexibility index (Phi) is 4.39. The number of carbonyl (C=O) groups is 1. The fourth-order valence-corrected chi connectivity index (χ4v) is 2.58. The summed E-state index contributed by atoms with van der Waals surface area (Å²) in [5, 5.41) is 19.4. The molecule has 1 amide bonds. The Morgan fingerprint density at radius 1 is 1.48 bits per heavy atom. The summed E-state index contributed by atoms with van der Waals surface area (Å²) in [6.45, 7) is 2.72. The Hall–Kier alpha value is -2.19. The Bertz CT molecular complexity index is 731. The van der Waals surface area contributed by atoms with Crippen LogP contribution in [0, 0.1) is 11.3 Å². The molecule has 0 aliphatic heterocycles. The van der Waals surface area contributed by atoms with E-state index in [2.05, 4.69) is 6.07 Å². The fraction of sp³-hybridized carbons (Fsp3) is 0.333. The number of likely N-dealkylation sites (N-methyl/N-ethyl adjacent to an activating group) is 1. The summed E-state index contributed by atoms with van der Waals surface area (Å²) in [5.41, 5.74) is 2.39. The third-order valence-corrected chi connectivity index (χ3v) is 3.95. The molecule has 1 aromatic carbocycles. The lowest BCUT2D eigenvalue weighted by atomic mass is 10.1. The van der Waals surface area contributed by atoms with Gasteiger partial charge in [0.15, 0.2) is 0 Å². The van der Waals surface area contributed by atoms with E-state index in [9.17, 15) is 4.79 Å². The minimum atomic E-state index is -0.911. The van der Waals surface area contributed by atoms with Crippen LogP contribution in [-0.4, -0.2) is 33.8 Å². The van der Waals surface area contributed by atoms with Crippen molar-refractivity contribution in [2.45, 2.75) is 13.3 Å². The molecule has 1 aromatic heterocycles. The van der Waals surface area contributed by atoms with Gasteiger partial charge in [-0.2, -0.15) is 5.26 Å². The van der Waals surface area contributed by atoms with Crippen molar-refractivity contribution in [2.24, 2.45) is 7.05 Å². The quantitative estimate of drug-likeness (QED) is 0.942. The van der Waals surface area contributed by atoms with Gasteiger partial charge in [-0.25, -0.2) is 4.79 Å². The maximum absolute atomic E-state index is 11.0. The lowest BCUT2D eigenvalue weighted by molar-refractivity contribution is 0.148. The lowest BCUT2D eigenvalue weighted by Crippen LogP contribution is -2.31. The number of hydrogen-bond donors (Lipinski definition) is 1. The Morgan fingerprint density at radius 3 is 2.76 bits per heavy atom. The number of carboxylic acid groups (broad SMARTS) is 1. The maximum atomic E-state index is 11.0. The van der Waals surface area contributed by atoms with Crippen LogP contribution in [0.5, 0.6) is 0 Å². The molecule has 0 saturated carbocycles. The smallest absolute Gasteiger partial charge is 0.407 e. The first-order valence-electron chi connectivity index (χ1n) is 6.63. The summed E-state index contributed by atoms with van der Waals surface area (Å²) in [6.07, 6.45) is -0.295.